The van der Waals surface area contributed by atoms with Gasteiger partial charge < -0.3 is 14.3 Å². The standard InChI is InChI=1S/C18H30N2O5Si/c1-8-12(21)15-13(25-26(6,7)18(3,4)5)9-14(24-15)20-10-11(2)16(22)19-17(20)23/h8,10,12-15,21H,1,9H2,2-7H3,(H,19,22,23)/t12-,13-,14+,15+/m0/s1. The smallest absolute Gasteiger partial charge is 0.330 e. The minimum absolute atomic E-state index is 0.000176. The second-order valence-electron chi connectivity index (χ2n) is 8.41. The largest absolute Gasteiger partial charge is 0.411 e. The van der Waals surface area contributed by atoms with Gasteiger partial charge in [-0.25, -0.2) is 4.79 Å². The van der Waals surface area contributed by atoms with Crippen molar-refractivity contribution in [2.75, 3.05) is 0 Å². The Morgan fingerprint density at radius 1 is 1.46 bits per heavy atom. The normalized spacial score (nSPS) is 25.3. The number of aromatic nitrogens is 2. The van der Waals surface area contributed by atoms with Crippen LogP contribution in [-0.2, 0) is 9.16 Å². The summed E-state index contributed by atoms with van der Waals surface area (Å²) in [5, 5.41) is 10.3. The summed E-state index contributed by atoms with van der Waals surface area (Å²) in [7, 11) is -2.10. The van der Waals surface area contributed by atoms with Crippen LogP contribution in [0.15, 0.2) is 28.4 Å². The average Bonchev–Trinajstić information content (AvgIpc) is 2.91. The van der Waals surface area contributed by atoms with E-state index in [1.165, 1.54) is 16.8 Å². The van der Waals surface area contributed by atoms with Crippen molar-refractivity contribution in [3.63, 3.8) is 0 Å². The van der Waals surface area contributed by atoms with E-state index in [1.54, 1.807) is 6.92 Å². The van der Waals surface area contributed by atoms with Crippen molar-refractivity contribution in [3.8, 4) is 0 Å². The summed E-state index contributed by atoms with van der Waals surface area (Å²) >= 11 is 0. The molecule has 1 saturated heterocycles. The molecular formula is C18H30N2O5Si. The first-order chi connectivity index (χ1) is 11.9. The molecule has 0 spiro atoms. The van der Waals surface area contributed by atoms with Gasteiger partial charge in [-0.15, -0.1) is 6.58 Å². The van der Waals surface area contributed by atoms with Crippen LogP contribution in [0.5, 0.6) is 0 Å². The second-order valence-corrected chi connectivity index (χ2v) is 13.2. The molecule has 0 aromatic carbocycles. The van der Waals surface area contributed by atoms with Crippen LogP contribution in [0.1, 0.15) is 39.0 Å². The highest BCUT2D eigenvalue weighted by Crippen LogP contribution is 2.41. The quantitative estimate of drug-likeness (QED) is 0.601. The molecule has 1 aliphatic rings. The van der Waals surface area contributed by atoms with E-state index in [9.17, 15) is 14.7 Å². The molecule has 2 N–H and O–H groups in total. The van der Waals surface area contributed by atoms with Crippen molar-refractivity contribution in [2.24, 2.45) is 0 Å². The number of aliphatic hydroxyl groups excluding tert-OH is 1. The van der Waals surface area contributed by atoms with E-state index >= 15 is 0 Å². The predicted molar refractivity (Wildman–Crippen MR) is 103 cm³/mol. The molecule has 26 heavy (non-hydrogen) atoms. The number of hydrogen-bond donors (Lipinski definition) is 2. The molecule has 7 nitrogen and oxygen atoms in total. The fraction of sp³-hybridized carbons (Fsp3) is 0.667. The van der Waals surface area contributed by atoms with Gasteiger partial charge in [-0.1, -0.05) is 26.8 Å². The van der Waals surface area contributed by atoms with E-state index in [-0.39, 0.29) is 11.1 Å². The number of H-pyrrole nitrogens is 1. The zero-order valence-corrected chi connectivity index (χ0v) is 17.4. The number of nitrogens with zero attached hydrogens (tertiary/aromatic N) is 1. The average molecular weight is 383 g/mol. The molecule has 0 amide bonds. The van der Waals surface area contributed by atoms with Gasteiger partial charge in [0.15, 0.2) is 8.32 Å². The van der Waals surface area contributed by atoms with Crippen molar-refractivity contribution < 1.29 is 14.3 Å². The van der Waals surface area contributed by atoms with Gasteiger partial charge in [-0.05, 0) is 25.1 Å². The Kier molecular flexibility index (Phi) is 5.82. The number of rotatable bonds is 5. The first kappa shape index (κ1) is 20.8. The number of nitrogens with one attached hydrogen (secondary N) is 1. The Hall–Kier alpha value is -1.48. The Bertz CT molecular complexity index is 777. The van der Waals surface area contributed by atoms with Crippen molar-refractivity contribution >= 4 is 8.32 Å². The molecule has 1 aromatic rings. The third-order valence-corrected chi connectivity index (χ3v) is 9.91. The summed E-state index contributed by atoms with van der Waals surface area (Å²) in [6, 6.07) is 0. The zero-order chi connectivity index (χ0) is 19.9. The molecule has 0 bridgehead atoms. The van der Waals surface area contributed by atoms with Crippen molar-refractivity contribution in [1.29, 1.82) is 0 Å². The SMILES string of the molecule is C=C[C@H](O)[C@H]1O[C@@H](n2cc(C)c(=O)[nH]c2=O)C[C@@H]1O[Si](C)(C)C(C)(C)C. The van der Waals surface area contributed by atoms with Crippen LogP contribution in [0, 0.1) is 6.92 Å². The molecular weight excluding hydrogens is 352 g/mol. The third-order valence-electron chi connectivity index (χ3n) is 5.40. The molecule has 0 saturated carbocycles. The highest BCUT2D eigenvalue weighted by atomic mass is 28.4. The summed E-state index contributed by atoms with van der Waals surface area (Å²) < 4.78 is 13.8. The van der Waals surface area contributed by atoms with Gasteiger partial charge >= 0.3 is 5.69 Å². The summed E-state index contributed by atoms with van der Waals surface area (Å²) in [5.41, 5.74) is -0.533. The maximum absolute atomic E-state index is 12.2. The maximum Gasteiger partial charge on any atom is 0.330 e. The molecule has 2 heterocycles. The molecule has 1 aliphatic heterocycles. The van der Waals surface area contributed by atoms with Gasteiger partial charge in [0.05, 0.1) is 6.10 Å². The summed E-state index contributed by atoms with van der Waals surface area (Å²) in [5.74, 6) is 0. The van der Waals surface area contributed by atoms with E-state index in [0.29, 0.717) is 12.0 Å². The lowest BCUT2D eigenvalue weighted by atomic mass is 10.1. The van der Waals surface area contributed by atoms with Gasteiger partial charge in [0.25, 0.3) is 5.56 Å². The molecule has 1 aromatic heterocycles. The second kappa shape index (κ2) is 7.26. The van der Waals surface area contributed by atoms with E-state index in [0.717, 1.165) is 0 Å². The lowest BCUT2D eigenvalue weighted by molar-refractivity contribution is -0.0661. The van der Waals surface area contributed by atoms with Gasteiger partial charge in [-0.3, -0.25) is 14.3 Å². The van der Waals surface area contributed by atoms with Crippen molar-refractivity contribution in [2.45, 2.75) is 76.8 Å². The van der Waals surface area contributed by atoms with Crippen LogP contribution in [0.2, 0.25) is 18.1 Å². The van der Waals surface area contributed by atoms with Gasteiger partial charge in [-0.2, -0.15) is 0 Å². The van der Waals surface area contributed by atoms with Crippen LogP contribution in [-0.4, -0.2) is 41.3 Å². The Morgan fingerprint density at radius 3 is 2.62 bits per heavy atom. The number of ether oxygens (including phenoxy) is 1. The van der Waals surface area contributed by atoms with Gasteiger partial charge in [0.1, 0.15) is 18.4 Å². The molecule has 0 radical (unpaired) electrons. The number of hydrogen-bond acceptors (Lipinski definition) is 5. The molecule has 146 valence electrons. The number of aromatic amines is 1. The predicted octanol–water partition coefficient (Wildman–Crippen LogP) is 2.07. The molecule has 8 heteroatoms. The highest BCUT2D eigenvalue weighted by Gasteiger charge is 2.46. The first-order valence-corrected chi connectivity index (χ1v) is 11.7. The van der Waals surface area contributed by atoms with Crippen LogP contribution < -0.4 is 11.2 Å². The van der Waals surface area contributed by atoms with E-state index in [4.69, 9.17) is 9.16 Å². The Balaban J connectivity index is 2.35. The van der Waals surface area contributed by atoms with Crippen LogP contribution in [0.3, 0.4) is 0 Å². The Labute approximate surface area is 154 Å². The maximum atomic E-state index is 12.2. The lowest BCUT2D eigenvalue weighted by Crippen LogP contribution is -2.47. The molecule has 4 atom stereocenters. The highest BCUT2D eigenvalue weighted by molar-refractivity contribution is 6.74. The third kappa shape index (κ3) is 4.09. The lowest BCUT2D eigenvalue weighted by Gasteiger charge is -2.39. The van der Waals surface area contributed by atoms with Crippen LogP contribution in [0.4, 0.5) is 0 Å². The van der Waals surface area contributed by atoms with Crippen molar-refractivity contribution in [1.82, 2.24) is 9.55 Å². The minimum atomic E-state index is -2.10. The molecule has 0 aliphatic carbocycles. The van der Waals surface area contributed by atoms with Crippen LogP contribution in [0.25, 0.3) is 0 Å². The molecule has 2 rings (SSSR count). The number of aryl methyl sites for hydroxylation is 1. The Morgan fingerprint density at radius 2 is 2.08 bits per heavy atom. The van der Waals surface area contributed by atoms with E-state index in [1.807, 2.05) is 0 Å². The molecule has 0 unspecified atom stereocenters. The van der Waals surface area contributed by atoms with E-state index in [2.05, 4.69) is 45.4 Å². The van der Waals surface area contributed by atoms with E-state index < -0.39 is 38.0 Å². The summed E-state index contributed by atoms with van der Waals surface area (Å²) in [6.45, 7) is 16.0. The fourth-order valence-corrected chi connectivity index (χ4v) is 4.08. The van der Waals surface area contributed by atoms with Crippen molar-refractivity contribution in [3.05, 3.63) is 45.3 Å². The first-order valence-electron chi connectivity index (χ1n) is 8.83. The topological polar surface area (TPSA) is 93.5 Å². The summed E-state index contributed by atoms with van der Waals surface area (Å²) in [6.07, 6.45) is 0.793. The number of aliphatic hydroxyl groups is 1. The fourth-order valence-electron chi connectivity index (χ4n) is 2.74. The monoisotopic (exact) mass is 382 g/mol. The zero-order valence-electron chi connectivity index (χ0n) is 16.4. The van der Waals surface area contributed by atoms with Crippen LogP contribution >= 0.6 is 0 Å². The minimum Gasteiger partial charge on any atom is -0.411 e. The van der Waals surface area contributed by atoms with Gasteiger partial charge in [0, 0.05) is 18.2 Å². The van der Waals surface area contributed by atoms with Gasteiger partial charge in [0.2, 0.25) is 0 Å². The molecule has 1 fully saturated rings. The summed E-state index contributed by atoms with van der Waals surface area (Å²) in [4.78, 5) is 26.1.